The van der Waals surface area contributed by atoms with Gasteiger partial charge < -0.3 is 11.1 Å². The lowest BCUT2D eigenvalue weighted by molar-refractivity contribution is -0.392. The Labute approximate surface area is 187 Å². The Morgan fingerprint density at radius 3 is 1.70 bits per heavy atom. The van der Waals surface area contributed by atoms with Crippen LogP contribution in [0, 0.1) is 20.2 Å². The molecule has 15 heteroatoms. The van der Waals surface area contributed by atoms with Crippen molar-refractivity contribution in [1.82, 2.24) is 4.13 Å². The molecule has 172 valence electrons. The number of hydrogen-bond acceptors (Lipinski definition) is 10. The third-order valence-electron chi connectivity index (χ3n) is 4.23. The summed E-state index contributed by atoms with van der Waals surface area (Å²) in [5.74, 6) is 0. The molecule has 13 nitrogen and oxygen atoms in total. The monoisotopic (exact) mass is 493 g/mol. The first-order valence-corrected chi connectivity index (χ1v) is 11.8. The molecule has 3 rings (SSSR count). The quantitative estimate of drug-likeness (QED) is 0.237. The van der Waals surface area contributed by atoms with Gasteiger partial charge >= 0.3 is 11.4 Å². The van der Waals surface area contributed by atoms with Gasteiger partial charge in [0.15, 0.2) is 5.69 Å². The average Bonchev–Trinajstić information content (AvgIpc) is 2.74. The van der Waals surface area contributed by atoms with Crippen molar-refractivity contribution >= 4 is 48.5 Å². The molecule has 0 aliphatic heterocycles. The van der Waals surface area contributed by atoms with Crippen molar-refractivity contribution in [2.24, 2.45) is 0 Å². The second-order valence-electron chi connectivity index (χ2n) is 6.50. The van der Waals surface area contributed by atoms with E-state index in [9.17, 15) is 37.1 Å². The molecule has 0 amide bonds. The van der Waals surface area contributed by atoms with Gasteiger partial charge in [0.1, 0.15) is 0 Å². The minimum absolute atomic E-state index is 0.204. The first-order valence-electron chi connectivity index (χ1n) is 8.84. The summed E-state index contributed by atoms with van der Waals surface area (Å²) in [7, 11) is -9.56. The van der Waals surface area contributed by atoms with Crippen LogP contribution in [0.4, 0.5) is 28.4 Å². The van der Waals surface area contributed by atoms with Crippen LogP contribution in [0.1, 0.15) is 0 Å². The highest BCUT2D eigenvalue weighted by Gasteiger charge is 2.33. The summed E-state index contributed by atoms with van der Waals surface area (Å²) in [4.78, 5) is 19.8. The zero-order chi connectivity index (χ0) is 24.4. The molecule has 0 atom stereocenters. The highest BCUT2D eigenvalue weighted by atomic mass is 32.3. The Bertz CT molecular complexity index is 1410. The van der Waals surface area contributed by atoms with Gasteiger partial charge in [0.2, 0.25) is 0 Å². The molecule has 0 bridgehead atoms. The van der Waals surface area contributed by atoms with Gasteiger partial charge in [-0.3, -0.25) is 20.2 Å². The Kier molecular flexibility index (Phi) is 6.30. The van der Waals surface area contributed by atoms with E-state index in [1.165, 1.54) is 46.6 Å². The summed E-state index contributed by atoms with van der Waals surface area (Å²) in [6.45, 7) is 0. The number of hydrogen-bond donors (Lipinski definition) is 3. The molecule has 4 N–H and O–H groups in total. The van der Waals surface area contributed by atoms with Gasteiger partial charge in [0, 0.05) is 23.5 Å². The molecule has 3 aromatic carbocycles. The SMILES string of the molecule is Nc1ccc(Nc2c([N+](=O)[O-])cc(S(=O)(=O)NS(=O)(=O)c3ccccc3)cc2[N+](=O)[O-])cc1. The molecule has 0 saturated carbocycles. The zero-order valence-electron chi connectivity index (χ0n) is 16.4. The normalized spacial score (nSPS) is 11.6. The largest absolute Gasteiger partial charge is 0.399 e. The highest BCUT2D eigenvalue weighted by Crippen LogP contribution is 2.39. The minimum Gasteiger partial charge on any atom is -0.399 e. The van der Waals surface area contributed by atoms with Gasteiger partial charge in [-0.1, -0.05) is 18.2 Å². The van der Waals surface area contributed by atoms with Gasteiger partial charge in [-0.25, -0.2) is 16.8 Å². The Morgan fingerprint density at radius 1 is 0.727 bits per heavy atom. The summed E-state index contributed by atoms with van der Waals surface area (Å²) >= 11 is 0. The Balaban J connectivity index is 2.12. The molecule has 0 saturated heterocycles. The summed E-state index contributed by atoms with van der Waals surface area (Å²) in [5.41, 5.74) is 3.63. The van der Waals surface area contributed by atoms with Gasteiger partial charge in [0.25, 0.3) is 20.0 Å². The number of nitro benzene ring substituents is 2. The summed E-state index contributed by atoms with van der Waals surface area (Å²) < 4.78 is 51.7. The van der Waals surface area contributed by atoms with Crippen LogP contribution in [0.3, 0.4) is 0 Å². The molecule has 0 heterocycles. The van der Waals surface area contributed by atoms with Gasteiger partial charge in [-0.15, -0.1) is 4.13 Å². The lowest BCUT2D eigenvalue weighted by Crippen LogP contribution is -2.30. The van der Waals surface area contributed by atoms with E-state index < -0.39 is 51.9 Å². The molecule has 0 aliphatic rings. The first-order chi connectivity index (χ1) is 15.4. The van der Waals surface area contributed by atoms with Crippen molar-refractivity contribution in [3.63, 3.8) is 0 Å². The Morgan fingerprint density at radius 2 is 1.21 bits per heavy atom. The smallest absolute Gasteiger partial charge is 0.301 e. The van der Waals surface area contributed by atoms with E-state index in [0.717, 1.165) is 12.1 Å². The standard InChI is InChI=1S/C18H15N5O8S2/c19-12-6-8-13(9-7-12)20-18-16(22(24)25)10-15(11-17(18)23(26)27)33(30,31)21-32(28,29)14-4-2-1-3-5-14/h1-11,20-21H,19H2. The number of nitrogens with zero attached hydrogens (tertiary/aromatic N) is 2. The van der Waals surface area contributed by atoms with Crippen molar-refractivity contribution in [2.45, 2.75) is 9.79 Å². The molecule has 0 spiro atoms. The highest BCUT2D eigenvalue weighted by molar-refractivity contribution is 8.04. The van der Waals surface area contributed by atoms with Crippen molar-refractivity contribution in [1.29, 1.82) is 0 Å². The number of anilines is 3. The molecule has 0 aliphatic carbocycles. The van der Waals surface area contributed by atoms with Crippen molar-refractivity contribution in [3.8, 4) is 0 Å². The summed E-state index contributed by atoms with van der Waals surface area (Å²) in [6, 6.07) is 13.2. The number of nitrogens with two attached hydrogens (primary N) is 1. The van der Waals surface area contributed by atoms with Crippen molar-refractivity contribution in [2.75, 3.05) is 11.1 Å². The van der Waals surface area contributed by atoms with Crippen LogP contribution in [0.2, 0.25) is 0 Å². The van der Waals surface area contributed by atoms with E-state index in [0.29, 0.717) is 17.8 Å². The van der Waals surface area contributed by atoms with E-state index >= 15 is 0 Å². The van der Waals surface area contributed by atoms with E-state index in [1.807, 2.05) is 0 Å². The van der Waals surface area contributed by atoms with Crippen LogP contribution in [0.5, 0.6) is 0 Å². The van der Waals surface area contributed by atoms with Crippen LogP contribution in [-0.4, -0.2) is 26.7 Å². The molecule has 33 heavy (non-hydrogen) atoms. The van der Waals surface area contributed by atoms with Gasteiger partial charge in [0.05, 0.1) is 19.6 Å². The first kappa shape index (κ1) is 23.6. The third-order valence-corrected chi connectivity index (χ3v) is 7.73. The maximum Gasteiger partial charge on any atom is 0.301 e. The van der Waals surface area contributed by atoms with Gasteiger partial charge in [-0.05, 0) is 36.4 Å². The summed E-state index contributed by atoms with van der Waals surface area (Å²) in [6.07, 6.45) is 0. The minimum atomic E-state index is -4.96. The topological polar surface area (TPSA) is 205 Å². The van der Waals surface area contributed by atoms with Crippen LogP contribution in [0.25, 0.3) is 0 Å². The van der Waals surface area contributed by atoms with E-state index in [-0.39, 0.29) is 10.6 Å². The number of nitrogens with one attached hydrogen (secondary N) is 2. The predicted octanol–water partition coefficient (Wildman–Crippen LogP) is 2.50. The maximum atomic E-state index is 12.7. The second kappa shape index (κ2) is 8.81. The third kappa shape index (κ3) is 5.22. The molecule has 0 fully saturated rings. The molecular formula is C18H15N5O8S2. The predicted molar refractivity (Wildman–Crippen MR) is 118 cm³/mol. The number of benzene rings is 3. The summed E-state index contributed by atoms with van der Waals surface area (Å²) in [5, 5.41) is 25.7. The second-order valence-corrected chi connectivity index (χ2v) is 10.1. The fraction of sp³-hybridized carbons (Fsp3) is 0. The van der Waals surface area contributed by atoms with Crippen LogP contribution < -0.4 is 15.2 Å². The molecule has 0 radical (unpaired) electrons. The van der Waals surface area contributed by atoms with E-state index in [1.54, 1.807) is 0 Å². The molecule has 0 unspecified atom stereocenters. The van der Waals surface area contributed by atoms with Gasteiger partial charge in [-0.2, -0.15) is 0 Å². The van der Waals surface area contributed by atoms with Crippen LogP contribution >= 0.6 is 0 Å². The van der Waals surface area contributed by atoms with Crippen molar-refractivity contribution in [3.05, 3.63) is 87.0 Å². The lowest BCUT2D eigenvalue weighted by Gasteiger charge is -2.11. The number of nitro groups is 2. The fourth-order valence-electron chi connectivity index (χ4n) is 2.71. The lowest BCUT2D eigenvalue weighted by atomic mass is 10.2. The number of sulfonamides is 2. The van der Waals surface area contributed by atoms with Crippen LogP contribution in [0.15, 0.2) is 76.5 Å². The van der Waals surface area contributed by atoms with Crippen LogP contribution in [-0.2, 0) is 20.0 Å². The number of nitrogen functional groups attached to an aromatic ring is 1. The Hall–Kier alpha value is -4.08. The van der Waals surface area contributed by atoms with E-state index in [4.69, 9.17) is 5.73 Å². The molecule has 3 aromatic rings. The molecular weight excluding hydrogens is 478 g/mol. The average molecular weight is 493 g/mol. The number of rotatable bonds is 8. The van der Waals surface area contributed by atoms with E-state index in [2.05, 4.69) is 5.32 Å². The fourth-order valence-corrected chi connectivity index (χ4v) is 5.68. The molecule has 0 aromatic heterocycles. The van der Waals surface area contributed by atoms with Crippen molar-refractivity contribution < 1.29 is 26.7 Å². The zero-order valence-corrected chi connectivity index (χ0v) is 18.0. The maximum absolute atomic E-state index is 12.7.